The molecule has 3 rings (SSSR count). The number of aromatic carboxylic acids is 1. The van der Waals surface area contributed by atoms with Crippen LogP contribution in [0.5, 0.6) is 0 Å². The highest BCUT2D eigenvalue weighted by molar-refractivity contribution is 7.82. The number of carboxylic acids is 1. The molecular weight excluding hydrogens is 292 g/mol. The van der Waals surface area contributed by atoms with Crippen molar-refractivity contribution in [3.8, 4) is 11.1 Å². The average molecular weight is 300 g/mol. The van der Waals surface area contributed by atoms with Crippen molar-refractivity contribution in [3.05, 3.63) is 59.2 Å². The van der Waals surface area contributed by atoms with Gasteiger partial charge in [0.25, 0.3) is 0 Å². The second-order valence-corrected chi connectivity index (χ2v) is 5.04. The van der Waals surface area contributed by atoms with Gasteiger partial charge in [-0.15, -0.1) is 0 Å². The highest BCUT2D eigenvalue weighted by Crippen LogP contribution is 2.33. The molecule has 1 aliphatic rings. The molecule has 98 valence electrons. The summed E-state index contributed by atoms with van der Waals surface area (Å²) in [6, 6.07) is 12.5. The number of carbonyl (C=O) groups is 1. The monoisotopic (exact) mass is 300 g/mol. The van der Waals surface area contributed by atoms with Crippen LogP contribution in [0.2, 0.25) is 0 Å². The lowest BCUT2D eigenvalue weighted by Gasteiger charge is -2.08. The molecule has 0 amide bonds. The normalized spacial score (nSPS) is 13.0. The lowest BCUT2D eigenvalue weighted by Crippen LogP contribution is -2.02. The molecule has 0 saturated carbocycles. The highest BCUT2D eigenvalue weighted by Gasteiger charge is 2.28. The van der Waals surface area contributed by atoms with E-state index in [1.54, 1.807) is 6.07 Å². The minimum atomic E-state index is -1.01. The molecule has 2 aromatic carbocycles. The smallest absolute Gasteiger partial charge is 0.335 e. The summed E-state index contributed by atoms with van der Waals surface area (Å²) in [5, 5.41) is 9.74. The Hall–Kier alpha value is -2.11. The SMILES string of the molecule is O=C(O)c1cc2c(c(-c3ccccc3)c1)C(=S)OC2=S. The number of thiocarbonyl (C=S) groups is 2. The van der Waals surface area contributed by atoms with Crippen LogP contribution in [0, 0.1) is 0 Å². The molecule has 0 aromatic heterocycles. The largest absolute Gasteiger partial charge is 0.478 e. The van der Waals surface area contributed by atoms with Crippen LogP contribution in [0.15, 0.2) is 42.5 Å². The zero-order chi connectivity index (χ0) is 14.3. The Morgan fingerprint density at radius 2 is 1.65 bits per heavy atom. The molecule has 20 heavy (non-hydrogen) atoms. The van der Waals surface area contributed by atoms with E-state index in [2.05, 4.69) is 0 Å². The van der Waals surface area contributed by atoms with Gasteiger partial charge in [-0.05, 0) is 47.7 Å². The molecule has 0 bridgehead atoms. The lowest BCUT2D eigenvalue weighted by molar-refractivity contribution is 0.0697. The maximum atomic E-state index is 11.3. The fourth-order valence-corrected chi connectivity index (χ4v) is 2.78. The van der Waals surface area contributed by atoms with Crippen molar-refractivity contribution in [2.75, 3.05) is 0 Å². The first kappa shape index (κ1) is 12.9. The Morgan fingerprint density at radius 1 is 1.00 bits per heavy atom. The van der Waals surface area contributed by atoms with Crippen molar-refractivity contribution in [2.24, 2.45) is 0 Å². The van der Waals surface area contributed by atoms with Crippen LogP contribution >= 0.6 is 24.4 Å². The summed E-state index contributed by atoms with van der Waals surface area (Å²) in [4.78, 5) is 11.3. The Kier molecular flexibility index (Phi) is 3.08. The van der Waals surface area contributed by atoms with Crippen molar-refractivity contribution >= 4 is 40.5 Å². The quantitative estimate of drug-likeness (QED) is 0.861. The number of hydrogen-bond acceptors (Lipinski definition) is 4. The van der Waals surface area contributed by atoms with E-state index >= 15 is 0 Å². The van der Waals surface area contributed by atoms with Gasteiger partial charge in [-0.1, -0.05) is 30.3 Å². The molecule has 0 atom stereocenters. The van der Waals surface area contributed by atoms with Gasteiger partial charge >= 0.3 is 5.97 Å². The Morgan fingerprint density at radius 3 is 2.30 bits per heavy atom. The standard InChI is InChI=1S/C15H8O3S2/c16-13(17)9-6-10(8-4-2-1-3-5-8)12-11(7-9)14(19)18-15(12)20/h1-7H,(H,16,17). The Bertz CT molecular complexity index is 751. The summed E-state index contributed by atoms with van der Waals surface area (Å²) in [6.45, 7) is 0. The summed E-state index contributed by atoms with van der Waals surface area (Å²) in [7, 11) is 0. The zero-order valence-corrected chi connectivity index (χ0v) is 11.8. The fourth-order valence-electron chi connectivity index (χ4n) is 2.18. The van der Waals surface area contributed by atoms with Gasteiger partial charge in [0.15, 0.2) is 5.05 Å². The van der Waals surface area contributed by atoms with Gasteiger partial charge in [0.2, 0.25) is 5.05 Å². The van der Waals surface area contributed by atoms with Crippen LogP contribution in [0.25, 0.3) is 11.1 Å². The molecule has 1 heterocycles. The second-order valence-electron chi connectivity index (χ2n) is 4.29. The van der Waals surface area contributed by atoms with E-state index in [-0.39, 0.29) is 10.6 Å². The molecule has 0 saturated heterocycles. The van der Waals surface area contributed by atoms with Gasteiger partial charge < -0.3 is 9.84 Å². The Balaban J connectivity index is 2.34. The summed E-state index contributed by atoms with van der Waals surface area (Å²) >= 11 is 10.3. The molecule has 3 nitrogen and oxygen atoms in total. The number of benzene rings is 2. The third kappa shape index (κ3) is 2.01. The van der Waals surface area contributed by atoms with E-state index in [1.165, 1.54) is 6.07 Å². The molecule has 0 radical (unpaired) electrons. The van der Waals surface area contributed by atoms with Crippen LogP contribution in [-0.4, -0.2) is 21.2 Å². The minimum absolute atomic E-state index is 0.165. The predicted octanol–water partition coefficient (Wildman–Crippen LogP) is 3.43. The number of fused-ring (bicyclic) bond motifs is 1. The van der Waals surface area contributed by atoms with E-state index in [9.17, 15) is 9.90 Å². The van der Waals surface area contributed by atoms with Crippen molar-refractivity contribution in [3.63, 3.8) is 0 Å². The minimum Gasteiger partial charge on any atom is -0.478 e. The lowest BCUT2D eigenvalue weighted by atomic mass is 9.94. The molecule has 0 aliphatic carbocycles. The first-order valence-corrected chi connectivity index (χ1v) is 6.63. The predicted molar refractivity (Wildman–Crippen MR) is 83.3 cm³/mol. The molecule has 0 unspecified atom stereocenters. The zero-order valence-electron chi connectivity index (χ0n) is 10.1. The van der Waals surface area contributed by atoms with Gasteiger partial charge in [0.05, 0.1) is 5.56 Å². The topological polar surface area (TPSA) is 46.5 Å². The summed E-state index contributed by atoms with van der Waals surface area (Å²) in [6.07, 6.45) is 0. The van der Waals surface area contributed by atoms with Crippen LogP contribution in [0.1, 0.15) is 21.5 Å². The van der Waals surface area contributed by atoms with Crippen molar-refractivity contribution < 1.29 is 14.6 Å². The van der Waals surface area contributed by atoms with Crippen LogP contribution < -0.4 is 0 Å². The molecule has 1 N–H and O–H groups in total. The Labute approximate surface area is 125 Å². The maximum Gasteiger partial charge on any atom is 0.335 e. The number of rotatable bonds is 2. The van der Waals surface area contributed by atoms with Gasteiger partial charge in [-0.2, -0.15) is 0 Å². The van der Waals surface area contributed by atoms with Gasteiger partial charge in [-0.3, -0.25) is 0 Å². The van der Waals surface area contributed by atoms with Crippen molar-refractivity contribution in [2.45, 2.75) is 0 Å². The summed E-state index contributed by atoms with van der Waals surface area (Å²) in [5.41, 5.74) is 3.04. The number of hydrogen-bond donors (Lipinski definition) is 1. The summed E-state index contributed by atoms with van der Waals surface area (Å²) < 4.78 is 5.30. The first-order chi connectivity index (χ1) is 9.58. The highest BCUT2D eigenvalue weighted by atomic mass is 32.1. The first-order valence-electron chi connectivity index (χ1n) is 5.81. The maximum absolute atomic E-state index is 11.3. The molecule has 2 aromatic rings. The molecule has 0 spiro atoms. The van der Waals surface area contributed by atoms with E-state index in [0.717, 1.165) is 11.1 Å². The van der Waals surface area contributed by atoms with Crippen LogP contribution in [0.3, 0.4) is 0 Å². The molecular formula is C15H8O3S2. The van der Waals surface area contributed by atoms with Crippen molar-refractivity contribution in [1.29, 1.82) is 0 Å². The number of ether oxygens (including phenoxy) is 1. The number of carboxylic acid groups (broad SMARTS) is 1. The second kappa shape index (κ2) is 4.77. The molecule has 5 heteroatoms. The third-order valence-electron chi connectivity index (χ3n) is 3.08. The molecule has 0 fully saturated rings. The third-order valence-corrected chi connectivity index (χ3v) is 3.67. The van der Waals surface area contributed by atoms with Gasteiger partial charge in [0, 0.05) is 11.1 Å². The van der Waals surface area contributed by atoms with Gasteiger partial charge in [0.1, 0.15) is 0 Å². The van der Waals surface area contributed by atoms with Crippen LogP contribution in [-0.2, 0) is 4.74 Å². The van der Waals surface area contributed by atoms with Gasteiger partial charge in [-0.25, -0.2) is 4.79 Å². The van der Waals surface area contributed by atoms with Crippen molar-refractivity contribution in [1.82, 2.24) is 0 Å². The van der Waals surface area contributed by atoms with E-state index in [4.69, 9.17) is 29.2 Å². The summed E-state index contributed by atoms with van der Waals surface area (Å²) in [5.74, 6) is -1.01. The van der Waals surface area contributed by atoms with Crippen LogP contribution in [0.4, 0.5) is 0 Å². The van der Waals surface area contributed by atoms with E-state index in [1.807, 2.05) is 30.3 Å². The molecule has 1 aliphatic heterocycles. The van der Waals surface area contributed by atoms with E-state index < -0.39 is 5.97 Å². The fraction of sp³-hybridized carbons (Fsp3) is 0. The average Bonchev–Trinajstić information content (AvgIpc) is 2.74. The van der Waals surface area contributed by atoms with E-state index in [0.29, 0.717) is 16.2 Å².